The summed E-state index contributed by atoms with van der Waals surface area (Å²) in [6.07, 6.45) is 1.45. The van der Waals surface area contributed by atoms with Crippen LogP contribution in [0.3, 0.4) is 0 Å². The predicted molar refractivity (Wildman–Crippen MR) is 77.5 cm³/mol. The Morgan fingerprint density at radius 1 is 1.05 bits per heavy atom. The Bertz CT molecular complexity index is 508. The molecular formula is C17H22F4O. The van der Waals surface area contributed by atoms with Crippen molar-refractivity contribution in [3.05, 3.63) is 29.3 Å². The van der Waals surface area contributed by atoms with Crippen LogP contribution in [0.1, 0.15) is 57.4 Å². The third-order valence-corrected chi connectivity index (χ3v) is 4.61. The highest BCUT2D eigenvalue weighted by molar-refractivity contribution is 5.33. The molecule has 1 saturated carbocycles. The van der Waals surface area contributed by atoms with Crippen molar-refractivity contribution in [1.82, 2.24) is 0 Å². The van der Waals surface area contributed by atoms with Crippen LogP contribution in [0.5, 0.6) is 5.75 Å². The largest absolute Gasteiger partial charge is 0.491 e. The second-order valence-corrected chi connectivity index (χ2v) is 5.88. The van der Waals surface area contributed by atoms with Gasteiger partial charge >= 0.3 is 0 Å². The quantitative estimate of drug-likeness (QED) is 0.634. The topological polar surface area (TPSA) is 9.23 Å². The Labute approximate surface area is 128 Å². The van der Waals surface area contributed by atoms with Gasteiger partial charge in [0.2, 0.25) is 5.82 Å². The molecule has 0 bridgehead atoms. The van der Waals surface area contributed by atoms with E-state index in [9.17, 15) is 17.6 Å². The molecule has 0 unspecified atom stereocenters. The average molecular weight is 318 g/mol. The lowest BCUT2D eigenvalue weighted by molar-refractivity contribution is -0.0750. The molecule has 0 atom stereocenters. The van der Waals surface area contributed by atoms with Crippen LogP contribution in [0.15, 0.2) is 12.1 Å². The zero-order valence-corrected chi connectivity index (χ0v) is 13.0. The fourth-order valence-corrected chi connectivity index (χ4v) is 3.24. The van der Waals surface area contributed by atoms with Crippen molar-refractivity contribution < 1.29 is 22.3 Å². The van der Waals surface area contributed by atoms with Gasteiger partial charge in [-0.15, -0.1) is 0 Å². The summed E-state index contributed by atoms with van der Waals surface area (Å²) >= 11 is 0. The van der Waals surface area contributed by atoms with Crippen molar-refractivity contribution in [1.29, 1.82) is 0 Å². The first kappa shape index (κ1) is 17.1. The minimum Gasteiger partial charge on any atom is -0.491 e. The molecule has 124 valence electrons. The summed E-state index contributed by atoms with van der Waals surface area (Å²) in [6, 6.07) is 2.94. The molecule has 1 aromatic rings. The Kier molecular flexibility index (Phi) is 5.35. The molecule has 1 aromatic carbocycles. The fraction of sp³-hybridized carbons (Fsp3) is 0.647. The SMILES string of the molecule is CCOc1ccc(C2CCC(C(F)(F)CC)CC2)c(F)c1F. The molecule has 0 radical (unpaired) electrons. The average Bonchev–Trinajstić information content (AvgIpc) is 2.52. The molecular weight excluding hydrogens is 296 g/mol. The summed E-state index contributed by atoms with van der Waals surface area (Å²) in [7, 11) is 0. The smallest absolute Gasteiger partial charge is 0.250 e. The van der Waals surface area contributed by atoms with Gasteiger partial charge in [0.25, 0.3) is 5.92 Å². The summed E-state index contributed by atoms with van der Waals surface area (Å²) in [5, 5.41) is 0. The number of hydrogen-bond donors (Lipinski definition) is 0. The zero-order chi connectivity index (χ0) is 16.3. The number of halogens is 4. The van der Waals surface area contributed by atoms with Gasteiger partial charge in [-0.2, -0.15) is 4.39 Å². The van der Waals surface area contributed by atoms with Gasteiger partial charge in [-0.1, -0.05) is 13.0 Å². The lowest BCUT2D eigenvalue weighted by Crippen LogP contribution is -2.31. The van der Waals surface area contributed by atoms with Crippen LogP contribution < -0.4 is 4.74 Å². The maximum absolute atomic E-state index is 14.2. The van der Waals surface area contributed by atoms with E-state index >= 15 is 0 Å². The van der Waals surface area contributed by atoms with E-state index in [0.717, 1.165) is 0 Å². The summed E-state index contributed by atoms with van der Waals surface area (Å²) in [5.41, 5.74) is 0.277. The monoisotopic (exact) mass is 318 g/mol. The zero-order valence-electron chi connectivity index (χ0n) is 13.0. The molecule has 0 aromatic heterocycles. The minimum atomic E-state index is -2.66. The minimum absolute atomic E-state index is 0.102. The van der Waals surface area contributed by atoms with Crippen LogP contribution in [0.4, 0.5) is 17.6 Å². The van der Waals surface area contributed by atoms with Crippen LogP contribution in [0.25, 0.3) is 0 Å². The lowest BCUT2D eigenvalue weighted by Gasteiger charge is -2.33. The number of ether oxygens (including phenoxy) is 1. The van der Waals surface area contributed by atoms with Gasteiger partial charge in [0.05, 0.1) is 6.61 Å². The van der Waals surface area contributed by atoms with E-state index in [-0.39, 0.29) is 30.3 Å². The van der Waals surface area contributed by atoms with Gasteiger partial charge in [-0.25, -0.2) is 13.2 Å². The molecule has 0 amide bonds. The number of hydrogen-bond acceptors (Lipinski definition) is 1. The summed E-state index contributed by atoms with van der Waals surface area (Å²) < 4.78 is 60.5. The molecule has 0 spiro atoms. The first-order chi connectivity index (χ1) is 10.4. The van der Waals surface area contributed by atoms with Crippen LogP contribution in [-0.4, -0.2) is 12.5 Å². The van der Waals surface area contributed by atoms with Crippen LogP contribution >= 0.6 is 0 Å². The third kappa shape index (κ3) is 3.39. The molecule has 0 aliphatic heterocycles. The van der Waals surface area contributed by atoms with Crippen molar-refractivity contribution in [3.63, 3.8) is 0 Å². The summed E-state index contributed by atoms with van der Waals surface area (Å²) in [6.45, 7) is 3.43. The van der Waals surface area contributed by atoms with Gasteiger partial charge in [-0.3, -0.25) is 0 Å². The number of benzene rings is 1. The Morgan fingerprint density at radius 3 is 2.23 bits per heavy atom. The summed E-state index contributed by atoms with van der Waals surface area (Å²) in [4.78, 5) is 0. The molecule has 1 nitrogen and oxygen atoms in total. The molecule has 22 heavy (non-hydrogen) atoms. The van der Waals surface area contributed by atoms with Crippen LogP contribution in [-0.2, 0) is 0 Å². The van der Waals surface area contributed by atoms with Crippen molar-refractivity contribution in [2.24, 2.45) is 5.92 Å². The molecule has 2 rings (SSSR count). The molecule has 1 fully saturated rings. The number of rotatable bonds is 5. The van der Waals surface area contributed by atoms with Gasteiger partial charge in [0, 0.05) is 12.3 Å². The molecule has 0 saturated heterocycles. The van der Waals surface area contributed by atoms with E-state index in [0.29, 0.717) is 25.7 Å². The predicted octanol–water partition coefficient (Wildman–Crippen LogP) is 5.68. The van der Waals surface area contributed by atoms with Crippen molar-refractivity contribution >= 4 is 0 Å². The maximum Gasteiger partial charge on any atom is 0.250 e. The van der Waals surface area contributed by atoms with E-state index < -0.39 is 23.5 Å². The van der Waals surface area contributed by atoms with E-state index in [4.69, 9.17) is 4.74 Å². The molecule has 0 heterocycles. The Balaban J connectivity index is 2.10. The van der Waals surface area contributed by atoms with Gasteiger partial charge in [0.1, 0.15) is 0 Å². The van der Waals surface area contributed by atoms with Crippen LogP contribution in [0, 0.1) is 17.6 Å². The Hall–Kier alpha value is -1.26. The second-order valence-electron chi connectivity index (χ2n) is 5.88. The van der Waals surface area contributed by atoms with E-state index in [1.165, 1.54) is 19.1 Å². The lowest BCUT2D eigenvalue weighted by atomic mass is 9.75. The first-order valence-corrected chi connectivity index (χ1v) is 7.89. The highest BCUT2D eigenvalue weighted by Crippen LogP contribution is 2.44. The van der Waals surface area contributed by atoms with Gasteiger partial charge in [-0.05, 0) is 50.2 Å². The molecule has 1 aliphatic carbocycles. The normalized spacial score (nSPS) is 22.6. The van der Waals surface area contributed by atoms with Crippen molar-refractivity contribution in [2.75, 3.05) is 6.61 Å². The summed E-state index contributed by atoms with van der Waals surface area (Å²) in [5.74, 6) is -5.50. The highest BCUT2D eigenvalue weighted by Gasteiger charge is 2.40. The van der Waals surface area contributed by atoms with Crippen molar-refractivity contribution in [3.8, 4) is 5.75 Å². The maximum atomic E-state index is 14.2. The molecule has 0 N–H and O–H groups in total. The molecule has 1 aliphatic rings. The highest BCUT2D eigenvalue weighted by atomic mass is 19.3. The van der Waals surface area contributed by atoms with Gasteiger partial charge < -0.3 is 4.74 Å². The molecule has 5 heteroatoms. The van der Waals surface area contributed by atoms with E-state index in [1.807, 2.05) is 0 Å². The van der Waals surface area contributed by atoms with E-state index in [2.05, 4.69) is 0 Å². The first-order valence-electron chi connectivity index (χ1n) is 7.89. The second kappa shape index (κ2) is 6.88. The van der Waals surface area contributed by atoms with Crippen molar-refractivity contribution in [2.45, 2.75) is 57.8 Å². The fourth-order valence-electron chi connectivity index (χ4n) is 3.24. The third-order valence-electron chi connectivity index (χ3n) is 4.61. The van der Waals surface area contributed by atoms with E-state index in [1.54, 1.807) is 6.92 Å². The van der Waals surface area contributed by atoms with Crippen LogP contribution in [0.2, 0.25) is 0 Å². The number of alkyl halides is 2. The standard InChI is InChI=1S/C17H22F4O/c1-3-17(20,21)12-7-5-11(6-8-12)13-9-10-14(22-4-2)16(19)15(13)18/h9-12H,3-8H2,1-2H3. The van der Waals surface area contributed by atoms with Gasteiger partial charge in [0.15, 0.2) is 11.6 Å². The Morgan fingerprint density at radius 2 is 1.68 bits per heavy atom.